The van der Waals surface area contributed by atoms with Gasteiger partial charge in [-0.05, 0) is 25.9 Å². The van der Waals surface area contributed by atoms with Gasteiger partial charge in [-0.3, -0.25) is 9.59 Å². The maximum atomic E-state index is 11.5. The second-order valence-corrected chi connectivity index (χ2v) is 4.14. The molecule has 0 saturated carbocycles. The summed E-state index contributed by atoms with van der Waals surface area (Å²) in [6, 6.07) is 0.250. The number of aromatic nitrogens is 3. The Morgan fingerprint density at radius 2 is 2.22 bits per heavy atom. The normalized spacial score (nSPS) is 16.4. The van der Waals surface area contributed by atoms with Crippen LogP contribution in [0.3, 0.4) is 0 Å². The summed E-state index contributed by atoms with van der Waals surface area (Å²) in [4.78, 5) is 21.9. The molecule has 2 rings (SSSR count). The Bertz CT molecular complexity index is 438. The maximum absolute atomic E-state index is 11.5. The van der Waals surface area contributed by atoms with E-state index in [0.717, 1.165) is 25.9 Å². The first-order chi connectivity index (χ1) is 8.66. The third-order valence-corrected chi connectivity index (χ3v) is 2.83. The van der Waals surface area contributed by atoms with Gasteiger partial charge in [0.25, 0.3) is 5.91 Å². The Morgan fingerprint density at radius 3 is 2.89 bits per heavy atom. The fourth-order valence-electron chi connectivity index (χ4n) is 1.88. The molecule has 1 aliphatic heterocycles. The highest BCUT2D eigenvalue weighted by atomic mass is 16.4. The monoisotopic (exact) mass is 253 g/mol. The van der Waals surface area contributed by atoms with E-state index in [-0.39, 0.29) is 11.7 Å². The highest BCUT2D eigenvalue weighted by Crippen LogP contribution is 2.16. The fourth-order valence-corrected chi connectivity index (χ4v) is 1.88. The predicted molar refractivity (Wildman–Crippen MR) is 61.1 cm³/mol. The van der Waals surface area contributed by atoms with Crippen LogP contribution in [0.4, 0.5) is 0 Å². The van der Waals surface area contributed by atoms with E-state index in [0.29, 0.717) is 0 Å². The molecule has 0 radical (unpaired) electrons. The Balaban J connectivity index is 1.96. The zero-order valence-corrected chi connectivity index (χ0v) is 9.80. The number of carbonyl (C=O) groups excluding carboxylic acids is 1. The quantitative estimate of drug-likeness (QED) is 0.636. The number of nitrogens with zero attached hydrogens (tertiary/aromatic N) is 3. The van der Waals surface area contributed by atoms with Crippen molar-refractivity contribution >= 4 is 11.9 Å². The lowest BCUT2D eigenvalue weighted by Crippen LogP contribution is -2.30. The average Bonchev–Trinajstić information content (AvgIpc) is 2.86. The molecule has 1 amide bonds. The Labute approximate surface area is 103 Å². The fraction of sp³-hybridized carbons (Fsp3) is 0.600. The number of rotatable bonds is 4. The van der Waals surface area contributed by atoms with Gasteiger partial charge in [-0.25, -0.2) is 4.68 Å². The number of piperidine rings is 1. The SMILES string of the molecule is O=C(O)CNC(=O)c1cn(C2CCNCC2)nn1. The van der Waals surface area contributed by atoms with Crippen molar-refractivity contribution in [2.24, 2.45) is 0 Å². The van der Waals surface area contributed by atoms with Crippen LogP contribution in [0, 0.1) is 0 Å². The van der Waals surface area contributed by atoms with Gasteiger partial charge in [-0.1, -0.05) is 5.21 Å². The summed E-state index contributed by atoms with van der Waals surface area (Å²) in [6.07, 6.45) is 3.45. The Morgan fingerprint density at radius 1 is 1.50 bits per heavy atom. The standard InChI is InChI=1S/C10H15N5O3/c16-9(17)5-12-10(18)8-6-15(14-13-8)7-1-3-11-4-2-7/h6-7,11H,1-5H2,(H,12,18)(H,16,17). The molecule has 8 heteroatoms. The van der Waals surface area contributed by atoms with Crippen LogP contribution in [0.5, 0.6) is 0 Å². The van der Waals surface area contributed by atoms with Crippen molar-refractivity contribution in [3.05, 3.63) is 11.9 Å². The van der Waals surface area contributed by atoms with Crippen LogP contribution in [-0.2, 0) is 4.79 Å². The molecule has 1 aliphatic rings. The van der Waals surface area contributed by atoms with Gasteiger partial charge in [0.05, 0.1) is 12.2 Å². The minimum absolute atomic E-state index is 0.148. The van der Waals surface area contributed by atoms with Crippen LogP contribution in [0.15, 0.2) is 6.20 Å². The van der Waals surface area contributed by atoms with Crippen molar-refractivity contribution in [2.45, 2.75) is 18.9 Å². The van der Waals surface area contributed by atoms with E-state index < -0.39 is 18.4 Å². The average molecular weight is 253 g/mol. The van der Waals surface area contributed by atoms with E-state index in [1.807, 2.05) is 0 Å². The van der Waals surface area contributed by atoms with E-state index in [9.17, 15) is 9.59 Å². The van der Waals surface area contributed by atoms with E-state index in [1.54, 1.807) is 10.9 Å². The van der Waals surface area contributed by atoms with Crippen molar-refractivity contribution in [1.29, 1.82) is 0 Å². The lowest BCUT2D eigenvalue weighted by Gasteiger charge is -2.22. The van der Waals surface area contributed by atoms with Gasteiger partial charge in [0.1, 0.15) is 6.54 Å². The van der Waals surface area contributed by atoms with E-state index in [1.165, 1.54) is 0 Å². The van der Waals surface area contributed by atoms with Crippen LogP contribution in [0.1, 0.15) is 29.4 Å². The van der Waals surface area contributed by atoms with Gasteiger partial charge in [-0.15, -0.1) is 5.10 Å². The predicted octanol–water partition coefficient (Wildman–Crippen LogP) is -0.983. The lowest BCUT2D eigenvalue weighted by molar-refractivity contribution is -0.135. The maximum Gasteiger partial charge on any atom is 0.322 e. The molecule has 2 heterocycles. The van der Waals surface area contributed by atoms with Crippen LogP contribution >= 0.6 is 0 Å². The minimum Gasteiger partial charge on any atom is -0.480 e. The van der Waals surface area contributed by atoms with Crippen LogP contribution in [0.25, 0.3) is 0 Å². The van der Waals surface area contributed by atoms with Crippen molar-refractivity contribution in [3.63, 3.8) is 0 Å². The van der Waals surface area contributed by atoms with Gasteiger partial charge in [-0.2, -0.15) is 0 Å². The number of hydrogen-bond acceptors (Lipinski definition) is 5. The molecule has 0 spiro atoms. The first kappa shape index (κ1) is 12.5. The highest BCUT2D eigenvalue weighted by Gasteiger charge is 2.18. The molecule has 3 N–H and O–H groups in total. The van der Waals surface area contributed by atoms with Gasteiger partial charge in [0, 0.05) is 0 Å². The zero-order chi connectivity index (χ0) is 13.0. The Hall–Kier alpha value is -1.96. The van der Waals surface area contributed by atoms with Crippen molar-refractivity contribution in [2.75, 3.05) is 19.6 Å². The minimum atomic E-state index is -1.09. The summed E-state index contributed by atoms with van der Waals surface area (Å²) in [5.41, 5.74) is 0.148. The molecule has 1 saturated heterocycles. The van der Waals surface area contributed by atoms with Gasteiger partial charge in [0.2, 0.25) is 0 Å². The first-order valence-corrected chi connectivity index (χ1v) is 5.79. The first-order valence-electron chi connectivity index (χ1n) is 5.79. The molecule has 1 fully saturated rings. The number of aliphatic carboxylic acids is 1. The summed E-state index contributed by atoms with van der Waals surface area (Å²) in [6.45, 7) is 1.43. The molecule has 0 bridgehead atoms. The van der Waals surface area contributed by atoms with E-state index in [4.69, 9.17) is 5.11 Å². The zero-order valence-electron chi connectivity index (χ0n) is 9.80. The van der Waals surface area contributed by atoms with Crippen LogP contribution < -0.4 is 10.6 Å². The third-order valence-electron chi connectivity index (χ3n) is 2.83. The van der Waals surface area contributed by atoms with E-state index >= 15 is 0 Å². The Kier molecular flexibility index (Phi) is 3.88. The van der Waals surface area contributed by atoms with Crippen molar-refractivity contribution in [1.82, 2.24) is 25.6 Å². The molecule has 0 unspecified atom stereocenters. The molecular formula is C10H15N5O3. The molecule has 1 aromatic heterocycles. The summed E-state index contributed by atoms with van der Waals surface area (Å²) in [5, 5.41) is 21.6. The third kappa shape index (κ3) is 3.04. The number of carboxylic acids is 1. The highest BCUT2D eigenvalue weighted by molar-refractivity contribution is 5.93. The number of carboxylic acid groups (broad SMARTS) is 1. The number of amides is 1. The largest absolute Gasteiger partial charge is 0.480 e. The van der Waals surface area contributed by atoms with Crippen molar-refractivity contribution in [3.8, 4) is 0 Å². The number of carbonyl (C=O) groups is 2. The molecule has 0 aromatic carbocycles. The second kappa shape index (κ2) is 5.58. The smallest absolute Gasteiger partial charge is 0.322 e. The summed E-state index contributed by atoms with van der Waals surface area (Å²) in [5.74, 6) is -1.60. The lowest BCUT2D eigenvalue weighted by atomic mass is 10.1. The molecule has 1 aromatic rings. The number of hydrogen-bond donors (Lipinski definition) is 3. The number of nitrogens with one attached hydrogen (secondary N) is 2. The molecule has 0 atom stereocenters. The van der Waals surface area contributed by atoms with Gasteiger partial charge < -0.3 is 15.7 Å². The van der Waals surface area contributed by atoms with E-state index in [2.05, 4.69) is 20.9 Å². The topological polar surface area (TPSA) is 109 Å². The van der Waals surface area contributed by atoms with Crippen LogP contribution in [-0.4, -0.2) is 51.6 Å². The van der Waals surface area contributed by atoms with Crippen molar-refractivity contribution < 1.29 is 14.7 Å². The molecule has 8 nitrogen and oxygen atoms in total. The van der Waals surface area contributed by atoms with Crippen LogP contribution in [0.2, 0.25) is 0 Å². The molecule has 0 aliphatic carbocycles. The molecule has 18 heavy (non-hydrogen) atoms. The van der Waals surface area contributed by atoms with Gasteiger partial charge >= 0.3 is 5.97 Å². The molecule has 98 valence electrons. The van der Waals surface area contributed by atoms with Gasteiger partial charge in [0.15, 0.2) is 5.69 Å². The molecular weight excluding hydrogens is 238 g/mol. The second-order valence-electron chi connectivity index (χ2n) is 4.14. The summed E-state index contributed by atoms with van der Waals surface area (Å²) in [7, 11) is 0. The summed E-state index contributed by atoms with van der Waals surface area (Å²) >= 11 is 0. The summed E-state index contributed by atoms with van der Waals surface area (Å²) < 4.78 is 1.68.